The maximum absolute atomic E-state index is 5.67. The van der Waals surface area contributed by atoms with E-state index >= 15 is 0 Å². The predicted octanol–water partition coefficient (Wildman–Crippen LogP) is 15.2. The number of nitrogens with zero attached hydrogens (tertiary/aromatic N) is 3. The minimum Gasteiger partial charge on any atom is -0.246 e. The maximum Gasteiger partial charge on any atom is 0.160 e. The van der Waals surface area contributed by atoms with Crippen LogP contribution in [-0.2, 0) is 0 Å². The summed E-state index contributed by atoms with van der Waals surface area (Å²) in [6.45, 7) is 0. The van der Waals surface area contributed by atoms with Crippen LogP contribution in [0.1, 0.15) is 0 Å². The lowest BCUT2D eigenvalue weighted by Gasteiger charge is -2.14. The van der Waals surface area contributed by atoms with Crippen molar-refractivity contribution in [1.82, 2.24) is 15.0 Å². The van der Waals surface area contributed by atoms with Crippen LogP contribution in [0.4, 0.5) is 0 Å². The highest BCUT2D eigenvalue weighted by Gasteiger charge is 2.20. The van der Waals surface area contributed by atoms with E-state index in [9.17, 15) is 0 Å². The molecule has 9 aromatic carbocycles. The molecule has 0 N–H and O–H groups in total. The lowest BCUT2D eigenvalue weighted by molar-refractivity contribution is 1.18. The molecule has 0 saturated heterocycles. The summed E-state index contributed by atoms with van der Waals surface area (Å²) in [5, 5.41) is 11.2. The molecule has 0 spiro atoms. The first-order valence-electron chi connectivity index (χ1n) is 19.9. The van der Waals surface area contributed by atoms with Gasteiger partial charge in [0.2, 0.25) is 0 Å². The molecule has 12 aromatic rings. The van der Waals surface area contributed by atoms with Gasteiger partial charge in [-0.05, 0) is 56.1 Å². The molecule has 12 rings (SSSR count). The van der Waals surface area contributed by atoms with Crippen LogP contribution in [0.3, 0.4) is 0 Å². The third-order valence-electron chi connectivity index (χ3n) is 11.7. The molecule has 0 aliphatic heterocycles. The Bertz CT molecular complexity index is 3500. The highest BCUT2D eigenvalue weighted by molar-refractivity contribution is 7.26. The Kier molecular flexibility index (Phi) is 7.72. The summed E-state index contributed by atoms with van der Waals surface area (Å²) in [6, 6.07) is 71.2. The molecule has 4 heteroatoms. The molecular formula is C55H33N3S. The van der Waals surface area contributed by atoms with Crippen LogP contribution < -0.4 is 0 Å². The number of hydrogen-bond acceptors (Lipinski definition) is 4. The van der Waals surface area contributed by atoms with Crippen LogP contribution in [0.5, 0.6) is 0 Å². The Hall–Kier alpha value is -7.53. The van der Waals surface area contributed by atoms with E-state index in [1.54, 1.807) is 0 Å². The van der Waals surface area contributed by atoms with Gasteiger partial charge in [0, 0.05) is 53.4 Å². The zero-order valence-electron chi connectivity index (χ0n) is 31.8. The Morgan fingerprint density at radius 1 is 0.322 bits per heavy atom. The maximum atomic E-state index is 5.67. The van der Waals surface area contributed by atoms with Crippen molar-refractivity contribution in [1.29, 1.82) is 0 Å². The van der Waals surface area contributed by atoms with Gasteiger partial charge in [-0.25, -0.2) is 15.0 Å². The first-order valence-corrected chi connectivity index (χ1v) is 20.8. The van der Waals surface area contributed by atoms with E-state index in [2.05, 4.69) is 164 Å². The van der Waals surface area contributed by atoms with Gasteiger partial charge in [-0.1, -0.05) is 182 Å². The first-order chi connectivity index (χ1) is 29.2. The number of fused-ring (bicyclic) bond motifs is 11. The predicted molar refractivity (Wildman–Crippen MR) is 250 cm³/mol. The largest absolute Gasteiger partial charge is 0.246 e. The van der Waals surface area contributed by atoms with E-state index < -0.39 is 0 Å². The van der Waals surface area contributed by atoms with Crippen LogP contribution in [0.2, 0.25) is 0 Å². The number of aromatic nitrogens is 3. The van der Waals surface area contributed by atoms with E-state index in [0.29, 0.717) is 5.82 Å². The second kappa shape index (κ2) is 13.6. The normalized spacial score (nSPS) is 11.7. The third kappa shape index (κ3) is 5.53. The Morgan fingerprint density at radius 2 is 0.831 bits per heavy atom. The van der Waals surface area contributed by atoms with E-state index in [-0.39, 0.29) is 0 Å². The second-order valence-electron chi connectivity index (χ2n) is 15.1. The van der Waals surface area contributed by atoms with Gasteiger partial charge in [-0.2, -0.15) is 0 Å². The summed E-state index contributed by atoms with van der Waals surface area (Å²) in [5.41, 5.74) is 10.2. The molecule has 0 bridgehead atoms. The lowest BCUT2D eigenvalue weighted by atomic mass is 9.92. The van der Waals surface area contributed by atoms with Gasteiger partial charge in [0.05, 0.1) is 22.6 Å². The topological polar surface area (TPSA) is 38.7 Å². The van der Waals surface area contributed by atoms with Crippen LogP contribution in [-0.4, -0.2) is 15.0 Å². The van der Waals surface area contributed by atoms with Gasteiger partial charge in [0.15, 0.2) is 5.82 Å². The number of para-hydroxylation sites is 1. The summed E-state index contributed by atoms with van der Waals surface area (Å²) in [6.07, 6.45) is 0. The van der Waals surface area contributed by atoms with Gasteiger partial charge < -0.3 is 0 Å². The monoisotopic (exact) mass is 767 g/mol. The van der Waals surface area contributed by atoms with Crippen molar-refractivity contribution in [3.05, 3.63) is 200 Å². The summed E-state index contributed by atoms with van der Waals surface area (Å²) >= 11 is 1.85. The third-order valence-corrected chi connectivity index (χ3v) is 12.9. The Labute approximate surface area is 344 Å². The van der Waals surface area contributed by atoms with Gasteiger partial charge >= 0.3 is 0 Å². The second-order valence-corrected chi connectivity index (χ2v) is 16.1. The molecule has 0 aliphatic rings. The molecule has 0 unspecified atom stereocenters. The number of pyridine rings is 1. The molecule has 0 atom stereocenters. The molecule has 59 heavy (non-hydrogen) atoms. The molecule has 0 amide bonds. The number of benzene rings is 9. The number of thiophene rings is 1. The first kappa shape index (κ1) is 33.6. The quantitative estimate of drug-likeness (QED) is 0.164. The molecule has 0 fully saturated rings. The Balaban J connectivity index is 1.05. The summed E-state index contributed by atoms with van der Waals surface area (Å²) in [7, 11) is 0. The van der Waals surface area contributed by atoms with Crippen molar-refractivity contribution in [2.75, 3.05) is 0 Å². The summed E-state index contributed by atoms with van der Waals surface area (Å²) < 4.78 is 2.52. The van der Waals surface area contributed by atoms with Crippen molar-refractivity contribution in [2.45, 2.75) is 0 Å². The minimum absolute atomic E-state index is 0.693. The molecule has 3 aromatic heterocycles. The molecule has 274 valence electrons. The van der Waals surface area contributed by atoms with Gasteiger partial charge in [0.25, 0.3) is 0 Å². The van der Waals surface area contributed by atoms with E-state index in [0.717, 1.165) is 61.4 Å². The van der Waals surface area contributed by atoms with Crippen LogP contribution >= 0.6 is 11.3 Å². The van der Waals surface area contributed by atoms with Crippen molar-refractivity contribution in [3.63, 3.8) is 0 Å². The van der Waals surface area contributed by atoms with Crippen molar-refractivity contribution in [3.8, 4) is 56.3 Å². The zero-order valence-corrected chi connectivity index (χ0v) is 32.6. The summed E-state index contributed by atoms with van der Waals surface area (Å²) in [4.78, 5) is 15.8. The molecule has 0 radical (unpaired) electrons. The fourth-order valence-electron chi connectivity index (χ4n) is 8.87. The number of rotatable bonds is 5. The average molecular weight is 768 g/mol. The van der Waals surface area contributed by atoms with Crippen LogP contribution in [0.25, 0.3) is 120 Å². The summed E-state index contributed by atoms with van der Waals surface area (Å²) in [5.74, 6) is 0.693. The average Bonchev–Trinajstić information content (AvgIpc) is 3.72. The molecular weight excluding hydrogens is 735 g/mol. The van der Waals surface area contributed by atoms with Crippen LogP contribution in [0.15, 0.2) is 200 Å². The van der Waals surface area contributed by atoms with Crippen molar-refractivity contribution < 1.29 is 0 Å². The Morgan fingerprint density at radius 3 is 1.47 bits per heavy atom. The van der Waals surface area contributed by atoms with E-state index in [4.69, 9.17) is 15.0 Å². The minimum atomic E-state index is 0.693. The molecule has 0 saturated carbocycles. The van der Waals surface area contributed by atoms with Gasteiger partial charge in [-0.15, -0.1) is 11.3 Å². The van der Waals surface area contributed by atoms with Crippen molar-refractivity contribution in [2.24, 2.45) is 0 Å². The van der Waals surface area contributed by atoms with E-state index in [1.807, 2.05) is 47.7 Å². The highest BCUT2D eigenvalue weighted by Crippen LogP contribution is 2.46. The van der Waals surface area contributed by atoms with Crippen LogP contribution in [0, 0.1) is 0 Å². The molecule has 3 nitrogen and oxygen atoms in total. The highest BCUT2D eigenvalue weighted by atomic mass is 32.1. The molecule has 3 heterocycles. The fraction of sp³-hybridized carbons (Fsp3) is 0. The zero-order chi connectivity index (χ0) is 38.9. The standard InChI is InChI=1S/C55H33N3S/c1-3-14-35(15-4-1)48-33-49(36-16-5-2-6-17-36)57-55(56-48)37-28-26-34(27-29-37)39-23-13-24-46-53(39)58-52(51-45-22-11-12-25-50(45)59-54(46)51)38-30-31-44-42-20-8-7-18-40(42)41-19-9-10-21-43(41)47(44)32-38/h1-33H. The SMILES string of the molecule is c1ccc(-c2cc(-c3ccccc3)nc(-c3ccc(-c4cccc5c4nc(-c4ccc6c7ccccc7c7ccccc7c6c4)c4c6ccccc6sc54)cc3)n2)cc1. The van der Waals surface area contributed by atoms with E-state index in [1.165, 1.54) is 52.5 Å². The van der Waals surface area contributed by atoms with Crippen molar-refractivity contribution >= 4 is 74.7 Å². The molecule has 0 aliphatic carbocycles. The lowest BCUT2D eigenvalue weighted by Crippen LogP contribution is -1.96. The number of hydrogen-bond donors (Lipinski definition) is 0. The fourth-order valence-corrected chi connectivity index (χ4v) is 10.1. The van der Waals surface area contributed by atoms with Gasteiger partial charge in [0.1, 0.15) is 0 Å². The van der Waals surface area contributed by atoms with Gasteiger partial charge in [-0.3, -0.25) is 0 Å². The smallest absolute Gasteiger partial charge is 0.160 e.